The molecule has 4 nitrogen and oxygen atoms in total. The van der Waals surface area contributed by atoms with Crippen LogP contribution in [0.4, 0.5) is 20.2 Å². The summed E-state index contributed by atoms with van der Waals surface area (Å²) in [5, 5.41) is 8.39. The van der Waals surface area contributed by atoms with Crippen LogP contribution in [0.15, 0.2) is 107 Å². The minimum atomic E-state index is -0.284. The molecule has 0 unspecified atom stereocenters. The highest BCUT2D eigenvalue weighted by Gasteiger charge is 1.99. The lowest BCUT2D eigenvalue weighted by atomic mass is 10.0. The van der Waals surface area contributed by atoms with Crippen LogP contribution < -0.4 is 10.9 Å². The number of hydrogen-bond acceptors (Lipinski definition) is 4. The average Bonchev–Trinajstić information content (AvgIpc) is 2.82. The third-order valence-electron chi connectivity index (χ3n) is 4.63. The molecular weight excluding hydrogens is 406 g/mol. The minimum Gasteiger partial charge on any atom is -0.279 e. The number of nitrogens with zero attached hydrogens (tertiary/aromatic N) is 2. The molecule has 0 aliphatic carbocycles. The first-order chi connectivity index (χ1) is 15.7. The van der Waals surface area contributed by atoms with Crippen molar-refractivity contribution in [3.05, 3.63) is 120 Å². The van der Waals surface area contributed by atoms with Crippen LogP contribution >= 0.6 is 0 Å². The summed E-state index contributed by atoms with van der Waals surface area (Å²) in [4.78, 5) is 0. The zero-order valence-corrected chi connectivity index (χ0v) is 17.0. The fourth-order valence-corrected chi connectivity index (χ4v) is 2.97. The lowest BCUT2D eigenvalue weighted by Gasteiger charge is -2.04. The van der Waals surface area contributed by atoms with Crippen molar-refractivity contribution in [3.8, 4) is 11.1 Å². The van der Waals surface area contributed by atoms with Gasteiger partial charge < -0.3 is 0 Å². The Morgan fingerprint density at radius 2 is 1.06 bits per heavy atom. The molecule has 4 rings (SSSR count). The average molecular weight is 426 g/mol. The number of benzene rings is 4. The van der Waals surface area contributed by atoms with Crippen LogP contribution in [0.1, 0.15) is 11.1 Å². The predicted octanol–water partition coefficient (Wildman–Crippen LogP) is 6.52. The van der Waals surface area contributed by atoms with Crippen molar-refractivity contribution >= 4 is 23.8 Å². The molecule has 0 saturated heterocycles. The van der Waals surface area contributed by atoms with E-state index in [1.165, 1.54) is 24.3 Å². The third-order valence-corrected chi connectivity index (χ3v) is 4.63. The van der Waals surface area contributed by atoms with Crippen LogP contribution in [0.3, 0.4) is 0 Å². The van der Waals surface area contributed by atoms with Gasteiger partial charge in [0.25, 0.3) is 0 Å². The highest BCUT2D eigenvalue weighted by Crippen LogP contribution is 2.20. The van der Waals surface area contributed by atoms with Crippen molar-refractivity contribution in [2.24, 2.45) is 10.2 Å². The summed E-state index contributed by atoms with van der Waals surface area (Å²) in [7, 11) is 0. The van der Waals surface area contributed by atoms with E-state index in [0.29, 0.717) is 11.4 Å². The Labute approximate surface area is 184 Å². The molecule has 0 atom stereocenters. The molecule has 0 bridgehead atoms. The molecule has 4 aromatic rings. The quantitative estimate of drug-likeness (QED) is 0.261. The maximum Gasteiger partial charge on any atom is 0.123 e. The van der Waals surface area contributed by atoms with Crippen LogP contribution in [-0.2, 0) is 0 Å². The molecule has 32 heavy (non-hydrogen) atoms. The zero-order chi connectivity index (χ0) is 22.2. The number of nitrogens with one attached hydrogen (secondary N) is 2. The number of rotatable bonds is 7. The molecule has 0 aliphatic heterocycles. The van der Waals surface area contributed by atoms with Crippen molar-refractivity contribution < 1.29 is 8.78 Å². The molecule has 6 heteroatoms. The van der Waals surface area contributed by atoms with Crippen molar-refractivity contribution in [1.29, 1.82) is 0 Å². The first-order valence-electron chi connectivity index (χ1n) is 9.95. The molecular formula is C26H20F2N4. The van der Waals surface area contributed by atoms with Gasteiger partial charge >= 0.3 is 0 Å². The lowest BCUT2D eigenvalue weighted by Crippen LogP contribution is -1.92. The Bertz CT molecular complexity index is 1220. The second kappa shape index (κ2) is 10.1. The van der Waals surface area contributed by atoms with Gasteiger partial charge in [-0.2, -0.15) is 10.2 Å². The monoisotopic (exact) mass is 426 g/mol. The molecule has 0 aliphatic rings. The van der Waals surface area contributed by atoms with Gasteiger partial charge in [-0.1, -0.05) is 42.5 Å². The van der Waals surface area contributed by atoms with E-state index in [4.69, 9.17) is 0 Å². The summed E-state index contributed by atoms with van der Waals surface area (Å²) in [5.41, 5.74) is 11.2. The zero-order valence-electron chi connectivity index (χ0n) is 17.0. The first kappa shape index (κ1) is 20.9. The standard InChI is InChI=1S/C26H20F2N4/c27-23-8-12-25(13-9-23)31-29-17-19-4-6-21(7-5-19)22-3-1-2-20(16-22)18-30-32-26-14-10-24(28)11-15-26/h1-18,31-32H/b29-17+,30-18+. The topological polar surface area (TPSA) is 48.8 Å². The summed E-state index contributed by atoms with van der Waals surface area (Å²) >= 11 is 0. The lowest BCUT2D eigenvalue weighted by molar-refractivity contribution is 0.627. The van der Waals surface area contributed by atoms with E-state index in [1.807, 2.05) is 48.5 Å². The molecule has 0 fully saturated rings. The van der Waals surface area contributed by atoms with Gasteiger partial charge in [0.2, 0.25) is 0 Å². The SMILES string of the molecule is Fc1ccc(N/N=C/c2ccc(-c3cccc(/C=N/Nc4ccc(F)cc4)c3)cc2)cc1. The van der Waals surface area contributed by atoms with Gasteiger partial charge in [-0.25, -0.2) is 8.78 Å². The van der Waals surface area contributed by atoms with E-state index in [1.54, 1.807) is 36.7 Å². The fourth-order valence-electron chi connectivity index (χ4n) is 2.97. The van der Waals surface area contributed by atoms with Crippen molar-refractivity contribution in [1.82, 2.24) is 0 Å². The molecule has 0 spiro atoms. The first-order valence-corrected chi connectivity index (χ1v) is 9.95. The number of halogens is 2. The van der Waals surface area contributed by atoms with Crippen molar-refractivity contribution in [2.75, 3.05) is 10.9 Å². The third kappa shape index (κ3) is 5.86. The number of anilines is 2. The molecule has 158 valence electrons. The van der Waals surface area contributed by atoms with Crippen molar-refractivity contribution in [2.45, 2.75) is 0 Å². The summed E-state index contributed by atoms with van der Waals surface area (Å²) < 4.78 is 25.9. The van der Waals surface area contributed by atoms with Gasteiger partial charge in [0, 0.05) is 0 Å². The minimum absolute atomic E-state index is 0.283. The smallest absolute Gasteiger partial charge is 0.123 e. The van der Waals surface area contributed by atoms with Crippen LogP contribution in [0.5, 0.6) is 0 Å². The van der Waals surface area contributed by atoms with E-state index in [9.17, 15) is 8.78 Å². The van der Waals surface area contributed by atoms with Gasteiger partial charge in [0.1, 0.15) is 11.6 Å². The van der Waals surface area contributed by atoms with Gasteiger partial charge in [0.15, 0.2) is 0 Å². The van der Waals surface area contributed by atoms with Gasteiger partial charge in [-0.3, -0.25) is 10.9 Å². The van der Waals surface area contributed by atoms with E-state index >= 15 is 0 Å². The molecule has 0 saturated carbocycles. The van der Waals surface area contributed by atoms with E-state index in [-0.39, 0.29) is 11.6 Å². The maximum absolute atomic E-state index is 13.0. The van der Waals surface area contributed by atoms with Gasteiger partial charge in [0.05, 0.1) is 23.8 Å². The van der Waals surface area contributed by atoms with Crippen molar-refractivity contribution in [3.63, 3.8) is 0 Å². The predicted molar refractivity (Wildman–Crippen MR) is 127 cm³/mol. The Morgan fingerprint density at radius 3 is 1.62 bits per heavy atom. The van der Waals surface area contributed by atoms with E-state index in [2.05, 4.69) is 21.1 Å². The van der Waals surface area contributed by atoms with Crippen LogP contribution in [0.2, 0.25) is 0 Å². The van der Waals surface area contributed by atoms with Gasteiger partial charge in [-0.05, 0) is 76.9 Å². The Kier molecular flexibility index (Phi) is 6.63. The summed E-state index contributed by atoms with van der Waals surface area (Å²) in [5.74, 6) is -0.566. The van der Waals surface area contributed by atoms with Gasteiger partial charge in [-0.15, -0.1) is 0 Å². The molecule has 0 heterocycles. The highest BCUT2D eigenvalue weighted by molar-refractivity contribution is 5.84. The summed E-state index contributed by atoms with van der Waals surface area (Å²) in [6, 6.07) is 28.0. The Balaban J connectivity index is 1.38. The second-order valence-electron chi connectivity index (χ2n) is 7.00. The fraction of sp³-hybridized carbons (Fsp3) is 0. The molecule has 4 aromatic carbocycles. The number of hydrogen-bond donors (Lipinski definition) is 2. The normalized spacial score (nSPS) is 11.2. The highest BCUT2D eigenvalue weighted by atomic mass is 19.1. The molecule has 0 amide bonds. The molecule has 0 radical (unpaired) electrons. The second-order valence-corrected chi connectivity index (χ2v) is 7.00. The summed E-state index contributed by atoms with van der Waals surface area (Å²) in [6.07, 6.45) is 3.42. The van der Waals surface area contributed by atoms with E-state index in [0.717, 1.165) is 22.3 Å². The Hall–Kier alpha value is -4.32. The largest absolute Gasteiger partial charge is 0.279 e. The van der Waals surface area contributed by atoms with Crippen LogP contribution in [-0.4, -0.2) is 12.4 Å². The molecule has 0 aromatic heterocycles. The van der Waals surface area contributed by atoms with E-state index < -0.39 is 0 Å². The molecule has 2 N–H and O–H groups in total. The summed E-state index contributed by atoms with van der Waals surface area (Å²) in [6.45, 7) is 0. The van der Waals surface area contributed by atoms with Crippen LogP contribution in [0, 0.1) is 11.6 Å². The maximum atomic E-state index is 13.0. The van der Waals surface area contributed by atoms with Crippen LogP contribution in [0.25, 0.3) is 11.1 Å². The Morgan fingerprint density at radius 1 is 0.531 bits per heavy atom. The number of hydrazone groups is 2.